The van der Waals surface area contributed by atoms with Gasteiger partial charge in [-0.25, -0.2) is 9.37 Å². The van der Waals surface area contributed by atoms with Gasteiger partial charge in [-0.3, -0.25) is 0 Å². The summed E-state index contributed by atoms with van der Waals surface area (Å²) < 4.78 is 13.1. The van der Waals surface area contributed by atoms with Gasteiger partial charge in [0.15, 0.2) is 0 Å². The average Bonchev–Trinajstić information content (AvgIpc) is 2.25. The highest BCUT2D eigenvalue weighted by Gasteiger charge is 2.00. The van der Waals surface area contributed by atoms with E-state index in [0.29, 0.717) is 11.5 Å². The maximum Gasteiger partial charge on any atom is 0.148 e. The van der Waals surface area contributed by atoms with Crippen LogP contribution in [0.2, 0.25) is 0 Å². The third-order valence-corrected chi connectivity index (χ3v) is 1.94. The van der Waals surface area contributed by atoms with E-state index in [1.165, 1.54) is 12.1 Å². The zero-order valence-electron chi connectivity index (χ0n) is 7.94. The second kappa shape index (κ2) is 3.96. The second-order valence-corrected chi connectivity index (χ2v) is 3.08. The zero-order valence-corrected chi connectivity index (χ0v) is 7.94. The van der Waals surface area contributed by atoms with Crippen LogP contribution >= 0.6 is 0 Å². The SMILES string of the molecule is Nc1ccc(Nc2ccccn2)cc1F. The number of hydrogen-bond donors (Lipinski definition) is 2. The fourth-order valence-electron chi connectivity index (χ4n) is 1.19. The quantitative estimate of drug-likeness (QED) is 0.737. The Bertz CT molecular complexity index is 457. The Morgan fingerprint density at radius 1 is 1.20 bits per heavy atom. The van der Waals surface area contributed by atoms with Crippen LogP contribution in [0.25, 0.3) is 0 Å². The molecule has 0 bridgehead atoms. The van der Waals surface area contributed by atoms with Gasteiger partial charge in [0.2, 0.25) is 0 Å². The molecule has 4 heteroatoms. The van der Waals surface area contributed by atoms with Crippen LogP contribution in [0, 0.1) is 5.82 Å². The van der Waals surface area contributed by atoms with Crippen molar-refractivity contribution in [2.24, 2.45) is 0 Å². The Labute approximate surface area is 86.8 Å². The Balaban J connectivity index is 2.22. The van der Waals surface area contributed by atoms with E-state index in [1.807, 2.05) is 12.1 Å². The third-order valence-electron chi connectivity index (χ3n) is 1.94. The number of nitrogens with zero attached hydrogens (tertiary/aromatic N) is 1. The van der Waals surface area contributed by atoms with Gasteiger partial charge in [0, 0.05) is 11.9 Å². The molecule has 0 aliphatic rings. The van der Waals surface area contributed by atoms with Gasteiger partial charge >= 0.3 is 0 Å². The normalized spacial score (nSPS) is 9.93. The molecule has 0 aliphatic heterocycles. The van der Waals surface area contributed by atoms with Crippen molar-refractivity contribution < 1.29 is 4.39 Å². The molecule has 0 unspecified atom stereocenters. The topological polar surface area (TPSA) is 50.9 Å². The molecule has 76 valence electrons. The number of hydrogen-bond acceptors (Lipinski definition) is 3. The number of rotatable bonds is 2. The lowest BCUT2D eigenvalue weighted by molar-refractivity contribution is 0.633. The van der Waals surface area contributed by atoms with E-state index in [1.54, 1.807) is 18.3 Å². The molecule has 1 aromatic carbocycles. The summed E-state index contributed by atoms with van der Waals surface area (Å²) in [4.78, 5) is 4.06. The van der Waals surface area contributed by atoms with Crippen LogP contribution in [0.3, 0.4) is 0 Å². The van der Waals surface area contributed by atoms with Crippen molar-refractivity contribution in [1.82, 2.24) is 4.98 Å². The maximum absolute atomic E-state index is 13.1. The molecule has 15 heavy (non-hydrogen) atoms. The van der Waals surface area contributed by atoms with Crippen molar-refractivity contribution in [1.29, 1.82) is 0 Å². The summed E-state index contributed by atoms with van der Waals surface area (Å²) in [6.45, 7) is 0. The second-order valence-electron chi connectivity index (χ2n) is 3.08. The molecule has 1 heterocycles. The molecule has 0 atom stereocenters. The molecule has 3 nitrogen and oxygen atoms in total. The molecule has 0 radical (unpaired) electrons. The zero-order chi connectivity index (χ0) is 10.7. The van der Waals surface area contributed by atoms with E-state index in [-0.39, 0.29) is 5.69 Å². The lowest BCUT2D eigenvalue weighted by Crippen LogP contribution is -1.95. The van der Waals surface area contributed by atoms with Gasteiger partial charge in [-0.2, -0.15) is 0 Å². The Morgan fingerprint density at radius 2 is 2.07 bits per heavy atom. The van der Waals surface area contributed by atoms with Crippen LogP contribution in [0.1, 0.15) is 0 Å². The van der Waals surface area contributed by atoms with Crippen LogP contribution in [0.15, 0.2) is 42.6 Å². The molecule has 0 saturated heterocycles. The number of nitrogens with two attached hydrogens (primary N) is 1. The monoisotopic (exact) mass is 203 g/mol. The summed E-state index contributed by atoms with van der Waals surface area (Å²) in [6.07, 6.45) is 1.66. The summed E-state index contributed by atoms with van der Waals surface area (Å²) >= 11 is 0. The van der Waals surface area contributed by atoms with Crippen LogP contribution in [-0.4, -0.2) is 4.98 Å². The molecule has 0 saturated carbocycles. The molecule has 0 fully saturated rings. The minimum atomic E-state index is -0.434. The van der Waals surface area contributed by atoms with Gasteiger partial charge in [0.25, 0.3) is 0 Å². The number of nitrogens with one attached hydrogen (secondary N) is 1. The van der Waals surface area contributed by atoms with Gasteiger partial charge in [-0.15, -0.1) is 0 Å². The van der Waals surface area contributed by atoms with Crippen molar-refractivity contribution in [2.45, 2.75) is 0 Å². The summed E-state index contributed by atoms with van der Waals surface area (Å²) in [5.74, 6) is 0.234. The van der Waals surface area contributed by atoms with E-state index < -0.39 is 5.82 Å². The fraction of sp³-hybridized carbons (Fsp3) is 0. The van der Waals surface area contributed by atoms with Crippen LogP contribution in [-0.2, 0) is 0 Å². The predicted molar refractivity (Wildman–Crippen MR) is 58.3 cm³/mol. The molecule has 2 aromatic rings. The molecule has 0 amide bonds. The molecular formula is C11H10FN3. The number of halogens is 1. The highest BCUT2D eigenvalue weighted by Crippen LogP contribution is 2.18. The standard InChI is InChI=1S/C11H10FN3/c12-9-7-8(4-5-10(9)13)15-11-3-1-2-6-14-11/h1-7H,13H2,(H,14,15). The fourth-order valence-corrected chi connectivity index (χ4v) is 1.19. The first-order chi connectivity index (χ1) is 7.25. The molecule has 0 spiro atoms. The Morgan fingerprint density at radius 3 is 2.73 bits per heavy atom. The van der Waals surface area contributed by atoms with Crippen molar-refractivity contribution in [2.75, 3.05) is 11.1 Å². The molecule has 2 rings (SSSR count). The highest BCUT2D eigenvalue weighted by atomic mass is 19.1. The highest BCUT2D eigenvalue weighted by molar-refractivity contribution is 5.59. The van der Waals surface area contributed by atoms with E-state index in [9.17, 15) is 4.39 Å². The largest absolute Gasteiger partial charge is 0.396 e. The summed E-state index contributed by atoms with van der Waals surface area (Å²) in [5, 5.41) is 2.97. The van der Waals surface area contributed by atoms with E-state index in [2.05, 4.69) is 10.3 Å². The molecular weight excluding hydrogens is 193 g/mol. The minimum Gasteiger partial charge on any atom is -0.396 e. The first kappa shape index (κ1) is 9.45. The summed E-state index contributed by atoms with van der Waals surface area (Å²) in [6, 6.07) is 10.0. The van der Waals surface area contributed by atoms with Crippen molar-refractivity contribution in [3.8, 4) is 0 Å². The Hall–Kier alpha value is -2.10. The number of aromatic nitrogens is 1. The smallest absolute Gasteiger partial charge is 0.148 e. The van der Waals surface area contributed by atoms with Gasteiger partial charge in [-0.05, 0) is 30.3 Å². The number of benzene rings is 1. The molecule has 1 aromatic heterocycles. The lowest BCUT2D eigenvalue weighted by Gasteiger charge is -2.05. The van der Waals surface area contributed by atoms with Crippen LogP contribution in [0.4, 0.5) is 21.6 Å². The van der Waals surface area contributed by atoms with Crippen LogP contribution < -0.4 is 11.1 Å². The minimum absolute atomic E-state index is 0.140. The molecule has 0 aliphatic carbocycles. The number of pyridine rings is 1. The average molecular weight is 203 g/mol. The lowest BCUT2D eigenvalue weighted by atomic mass is 10.2. The van der Waals surface area contributed by atoms with Gasteiger partial charge in [0.1, 0.15) is 11.6 Å². The van der Waals surface area contributed by atoms with Crippen molar-refractivity contribution in [3.05, 3.63) is 48.4 Å². The van der Waals surface area contributed by atoms with Crippen LogP contribution in [0.5, 0.6) is 0 Å². The maximum atomic E-state index is 13.1. The van der Waals surface area contributed by atoms with Crippen molar-refractivity contribution >= 4 is 17.2 Å². The van der Waals surface area contributed by atoms with Gasteiger partial charge in [0.05, 0.1) is 5.69 Å². The van der Waals surface area contributed by atoms with Crippen molar-refractivity contribution in [3.63, 3.8) is 0 Å². The number of nitrogen functional groups attached to an aromatic ring is 1. The first-order valence-electron chi connectivity index (χ1n) is 4.49. The Kier molecular flexibility index (Phi) is 2.49. The van der Waals surface area contributed by atoms with Gasteiger partial charge in [-0.1, -0.05) is 6.07 Å². The molecule has 3 N–H and O–H groups in total. The summed E-state index contributed by atoms with van der Waals surface area (Å²) in [7, 11) is 0. The van der Waals surface area contributed by atoms with E-state index in [4.69, 9.17) is 5.73 Å². The number of anilines is 3. The third kappa shape index (κ3) is 2.22. The summed E-state index contributed by atoms with van der Waals surface area (Å²) in [5.41, 5.74) is 6.13. The van der Waals surface area contributed by atoms with E-state index >= 15 is 0 Å². The van der Waals surface area contributed by atoms with E-state index in [0.717, 1.165) is 0 Å². The van der Waals surface area contributed by atoms with Gasteiger partial charge < -0.3 is 11.1 Å². The first-order valence-corrected chi connectivity index (χ1v) is 4.49. The predicted octanol–water partition coefficient (Wildman–Crippen LogP) is 2.55.